The number of benzene rings is 2. The Morgan fingerprint density at radius 2 is 1.85 bits per heavy atom. The van der Waals surface area contributed by atoms with Gasteiger partial charge in [0, 0.05) is 29.5 Å². The van der Waals surface area contributed by atoms with E-state index in [9.17, 15) is 9.90 Å². The van der Waals surface area contributed by atoms with Crippen molar-refractivity contribution in [2.24, 2.45) is 4.99 Å². The van der Waals surface area contributed by atoms with Gasteiger partial charge >= 0.3 is 0 Å². The monoisotopic (exact) mass is 362 g/mol. The van der Waals surface area contributed by atoms with E-state index >= 15 is 0 Å². The standard InChI is InChI=1S/C23H25NO3/c1-2-17-12-13-21-19(15-17)20(24-14-8-4-7-11-23(25)26)16-22(27-21)18-9-5-3-6-10-18/h3,5-6,9-10,12-13,15-16H,2,4,7-8,11,14H2,1H3,(H,25,26)/p-1. The number of carboxylic acid groups (broad SMARTS) is 1. The van der Waals surface area contributed by atoms with Gasteiger partial charge in [-0.05, 0) is 43.4 Å². The summed E-state index contributed by atoms with van der Waals surface area (Å²) >= 11 is 0. The average Bonchev–Trinajstić information content (AvgIpc) is 2.70. The van der Waals surface area contributed by atoms with Crippen molar-refractivity contribution in [1.82, 2.24) is 0 Å². The number of aryl methyl sites for hydroxylation is 1. The minimum absolute atomic E-state index is 0.116. The highest BCUT2D eigenvalue weighted by molar-refractivity contribution is 5.79. The molecule has 4 nitrogen and oxygen atoms in total. The van der Waals surface area contributed by atoms with Crippen molar-refractivity contribution in [3.8, 4) is 11.3 Å². The van der Waals surface area contributed by atoms with Crippen molar-refractivity contribution in [2.75, 3.05) is 6.54 Å². The predicted octanol–water partition coefficient (Wildman–Crippen LogP) is 3.87. The van der Waals surface area contributed by atoms with Gasteiger partial charge in [-0.2, -0.15) is 0 Å². The molecule has 0 aliphatic heterocycles. The van der Waals surface area contributed by atoms with E-state index in [1.54, 1.807) is 0 Å². The summed E-state index contributed by atoms with van der Waals surface area (Å²) in [5.74, 6) is -0.190. The normalized spacial score (nSPS) is 11.8. The zero-order valence-corrected chi connectivity index (χ0v) is 15.6. The molecule has 0 amide bonds. The van der Waals surface area contributed by atoms with Gasteiger partial charge in [0.05, 0.1) is 5.36 Å². The number of rotatable bonds is 8. The third kappa shape index (κ3) is 5.07. The Morgan fingerprint density at radius 3 is 2.59 bits per heavy atom. The van der Waals surface area contributed by atoms with Crippen molar-refractivity contribution in [3.63, 3.8) is 0 Å². The first-order valence-electron chi connectivity index (χ1n) is 9.50. The van der Waals surface area contributed by atoms with Crippen molar-refractivity contribution in [1.29, 1.82) is 0 Å². The number of unbranched alkanes of at least 4 members (excludes halogenated alkanes) is 2. The lowest BCUT2D eigenvalue weighted by molar-refractivity contribution is -0.305. The summed E-state index contributed by atoms with van der Waals surface area (Å²) in [6.45, 7) is 2.79. The maximum Gasteiger partial charge on any atom is 0.136 e. The van der Waals surface area contributed by atoms with E-state index < -0.39 is 5.97 Å². The van der Waals surface area contributed by atoms with Crippen LogP contribution in [0.2, 0.25) is 0 Å². The third-order valence-electron chi connectivity index (χ3n) is 4.60. The topological polar surface area (TPSA) is 65.6 Å². The molecule has 140 valence electrons. The molecule has 0 aliphatic carbocycles. The maximum atomic E-state index is 10.5. The van der Waals surface area contributed by atoms with Gasteiger partial charge in [-0.1, -0.05) is 49.7 Å². The molecule has 0 saturated heterocycles. The second kappa shape index (κ2) is 9.17. The third-order valence-corrected chi connectivity index (χ3v) is 4.60. The fraction of sp³-hybridized carbons (Fsp3) is 0.304. The number of hydrogen-bond donors (Lipinski definition) is 0. The first kappa shape index (κ1) is 18.9. The van der Waals surface area contributed by atoms with Crippen molar-refractivity contribution in [2.45, 2.75) is 39.0 Å². The molecule has 0 saturated carbocycles. The van der Waals surface area contributed by atoms with Gasteiger partial charge in [-0.25, -0.2) is 0 Å². The van der Waals surface area contributed by atoms with Crippen LogP contribution in [0.4, 0.5) is 0 Å². The summed E-state index contributed by atoms with van der Waals surface area (Å²) in [5, 5.41) is 12.4. The molecule has 1 heterocycles. The van der Waals surface area contributed by atoms with Crippen LogP contribution in [-0.4, -0.2) is 12.5 Å². The number of carbonyl (C=O) groups is 1. The molecular weight excluding hydrogens is 338 g/mol. The molecule has 0 spiro atoms. The van der Waals surface area contributed by atoms with Gasteiger partial charge in [0.2, 0.25) is 0 Å². The van der Waals surface area contributed by atoms with Crippen molar-refractivity contribution < 1.29 is 14.3 Å². The smallest absolute Gasteiger partial charge is 0.136 e. The summed E-state index contributed by atoms with van der Waals surface area (Å²) in [6.07, 6.45) is 3.40. The Balaban J connectivity index is 1.92. The van der Waals surface area contributed by atoms with Gasteiger partial charge in [0.15, 0.2) is 0 Å². The molecule has 0 aliphatic rings. The van der Waals surface area contributed by atoms with E-state index in [0.717, 1.165) is 46.9 Å². The van der Waals surface area contributed by atoms with E-state index in [4.69, 9.17) is 9.41 Å². The van der Waals surface area contributed by atoms with E-state index in [0.29, 0.717) is 13.0 Å². The van der Waals surface area contributed by atoms with Crippen molar-refractivity contribution in [3.05, 3.63) is 65.5 Å². The molecule has 3 aromatic rings. The summed E-state index contributed by atoms with van der Waals surface area (Å²) in [5.41, 5.74) is 3.09. The molecule has 0 unspecified atom stereocenters. The van der Waals surface area contributed by atoms with E-state index in [-0.39, 0.29) is 6.42 Å². The van der Waals surface area contributed by atoms with Gasteiger partial charge in [-0.3, -0.25) is 4.99 Å². The molecule has 0 N–H and O–H groups in total. The molecule has 2 aromatic carbocycles. The Kier molecular flexibility index (Phi) is 6.42. The van der Waals surface area contributed by atoms with E-state index in [2.05, 4.69) is 19.1 Å². The minimum atomic E-state index is -0.984. The number of hydrogen-bond acceptors (Lipinski definition) is 4. The first-order valence-corrected chi connectivity index (χ1v) is 9.50. The Hall–Kier alpha value is -2.88. The highest BCUT2D eigenvalue weighted by Gasteiger charge is 2.06. The molecule has 1 aromatic heterocycles. The molecule has 0 atom stereocenters. The van der Waals surface area contributed by atoms with Crippen LogP contribution in [-0.2, 0) is 11.2 Å². The van der Waals surface area contributed by atoms with Crippen LogP contribution in [0.25, 0.3) is 22.3 Å². The van der Waals surface area contributed by atoms with Gasteiger partial charge in [0.25, 0.3) is 0 Å². The number of aliphatic carboxylic acids is 1. The summed E-state index contributed by atoms with van der Waals surface area (Å²) < 4.78 is 6.13. The molecule has 27 heavy (non-hydrogen) atoms. The van der Waals surface area contributed by atoms with E-state index in [1.165, 1.54) is 5.56 Å². The molecule has 4 heteroatoms. The first-order chi connectivity index (χ1) is 13.2. The number of carbonyl (C=O) groups excluding carboxylic acids is 1. The highest BCUT2D eigenvalue weighted by atomic mass is 16.4. The van der Waals surface area contributed by atoms with Gasteiger partial charge in [0.1, 0.15) is 11.3 Å². The highest BCUT2D eigenvalue weighted by Crippen LogP contribution is 2.22. The van der Waals surface area contributed by atoms with Crippen LogP contribution in [0.1, 0.15) is 38.2 Å². The fourth-order valence-electron chi connectivity index (χ4n) is 3.07. The predicted molar refractivity (Wildman–Crippen MR) is 105 cm³/mol. The number of nitrogens with zero attached hydrogens (tertiary/aromatic N) is 1. The summed E-state index contributed by atoms with van der Waals surface area (Å²) in [6, 6.07) is 18.2. The lowest BCUT2D eigenvalue weighted by Crippen LogP contribution is -2.21. The average molecular weight is 362 g/mol. The van der Waals surface area contributed by atoms with Crippen LogP contribution < -0.4 is 10.5 Å². The zero-order valence-electron chi connectivity index (χ0n) is 15.6. The maximum absolute atomic E-state index is 10.5. The Bertz CT molecular complexity index is 974. The van der Waals surface area contributed by atoms with Gasteiger partial charge in [-0.15, -0.1) is 0 Å². The molecular formula is C23H24NO3-. The largest absolute Gasteiger partial charge is 0.550 e. The Labute approximate surface area is 159 Å². The molecule has 0 fully saturated rings. The number of fused-ring (bicyclic) bond motifs is 1. The van der Waals surface area contributed by atoms with Crippen LogP contribution >= 0.6 is 0 Å². The zero-order chi connectivity index (χ0) is 19.1. The molecule has 0 radical (unpaired) electrons. The minimum Gasteiger partial charge on any atom is -0.550 e. The van der Waals surface area contributed by atoms with Crippen LogP contribution in [0.3, 0.4) is 0 Å². The SMILES string of the molecule is CCc1ccc2oc(-c3ccccc3)cc(=NCCCCCC(=O)[O-])c2c1. The van der Waals surface area contributed by atoms with Crippen LogP contribution in [0, 0.1) is 0 Å². The Morgan fingerprint density at radius 1 is 1.04 bits per heavy atom. The fourth-order valence-corrected chi connectivity index (χ4v) is 3.07. The molecule has 0 bridgehead atoms. The molecule has 3 rings (SSSR count). The lowest BCUT2D eigenvalue weighted by atomic mass is 10.1. The number of carboxylic acids is 1. The van der Waals surface area contributed by atoms with Crippen LogP contribution in [0.5, 0.6) is 0 Å². The van der Waals surface area contributed by atoms with E-state index in [1.807, 2.05) is 42.5 Å². The summed E-state index contributed by atoms with van der Waals surface area (Å²) in [4.78, 5) is 15.3. The van der Waals surface area contributed by atoms with Crippen molar-refractivity contribution >= 4 is 16.9 Å². The second-order valence-corrected chi connectivity index (χ2v) is 6.61. The lowest BCUT2D eigenvalue weighted by Gasteiger charge is -2.07. The quantitative estimate of drug-likeness (QED) is 0.571. The van der Waals surface area contributed by atoms with Crippen LogP contribution in [0.15, 0.2) is 64.0 Å². The van der Waals surface area contributed by atoms with Gasteiger partial charge < -0.3 is 14.3 Å². The second-order valence-electron chi connectivity index (χ2n) is 6.61. The summed E-state index contributed by atoms with van der Waals surface area (Å²) in [7, 11) is 0.